The molecule has 0 aliphatic carbocycles. The van der Waals surface area contributed by atoms with Gasteiger partial charge in [-0.1, -0.05) is 18.2 Å². The van der Waals surface area contributed by atoms with E-state index in [0.29, 0.717) is 0 Å². The average molecular weight is 222 g/mol. The normalized spacial score (nSPS) is 14.8. The minimum atomic E-state index is 0.101. The summed E-state index contributed by atoms with van der Waals surface area (Å²) in [5.41, 5.74) is 6.80. The third kappa shape index (κ3) is 3.04. The van der Waals surface area contributed by atoms with Gasteiger partial charge in [0.2, 0.25) is 0 Å². The minimum absolute atomic E-state index is 0.101. The molecular weight excluding hydrogens is 200 g/mol. The molecule has 0 saturated carbocycles. The maximum absolute atomic E-state index is 5.57. The Hall–Kier alpha value is -0.900. The Morgan fingerprint density at radius 3 is 2.31 bits per heavy atom. The van der Waals surface area contributed by atoms with Gasteiger partial charge in [0, 0.05) is 7.11 Å². The lowest BCUT2D eigenvalue weighted by Gasteiger charge is -2.23. The molecule has 3 heteroatoms. The Morgan fingerprint density at radius 1 is 1.31 bits per heavy atom. The van der Waals surface area contributed by atoms with Crippen molar-refractivity contribution in [2.45, 2.75) is 39.3 Å². The van der Waals surface area contributed by atoms with Crippen LogP contribution in [0.3, 0.4) is 0 Å². The van der Waals surface area contributed by atoms with E-state index < -0.39 is 0 Å². The highest BCUT2D eigenvalue weighted by Crippen LogP contribution is 2.16. The molecule has 0 spiro atoms. The Bertz CT molecular complexity index is 318. The molecule has 0 aliphatic heterocycles. The van der Waals surface area contributed by atoms with Gasteiger partial charge in [-0.05, 0) is 43.9 Å². The van der Waals surface area contributed by atoms with Crippen molar-refractivity contribution in [3.05, 3.63) is 34.9 Å². The fourth-order valence-corrected chi connectivity index (χ4v) is 1.92. The summed E-state index contributed by atoms with van der Waals surface area (Å²) in [5, 5.41) is 0. The van der Waals surface area contributed by atoms with Crippen LogP contribution < -0.4 is 11.3 Å². The molecule has 0 heterocycles. The van der Waals surface area contributed by atoms with E-state index in [1.165, 1.54) is 16.7 Å². The van der Waals surface area contributed by atoms with E-state index in [1.54, 1.807) is 7.11 Å². The van der Waals surface area contributed by atoms with E-state index in [4.69, 9.17) is 10.6 Å². The number of methoxy groups -OCH3 is 1. The largest absolute Gasteiger partial charge is 0.380 e. The van der Waals surface area contributed by atoms with Crippen molar-refractivity contribution in [3.8, 4) is 0 Å². The van der Waals surface area contributed by atoms with Gasteiger partial charge in [-0.2, -0.15) is 0 Å². The second-order valence-corrected chi connectivity index (χ2v) is 4.29. The number of hydrazine groups is 1. The van der Waals surface area contributed by atoms with Gasteiger partial charge >= 0.3 is 0 Å². The number of nitrogens with two attached hydrogens (primary N) is 1. The number of aryl methyl sites for hydroxylation is 2. The van der Waals surface area contributed by atoms with Crippen LogP contribution in [0.4, 0.5) is 0 Å². The monoisotopic (exact) mass is 222 g/mol. The van der Waals surface area contributed by atoms with Gasteiger partial charge < -0.3 is 4.74 Å². The van der Waals surface area contributed by atoms with E-state index in [2.05, 4.69) is 37.5 Å². The fraction of sp³-hybridized carbons (Fsp3) is 0.538. The third-order valence-corrected chi connectivity index (χ3v) is 3.22. The van der Waals surface area contributed by atoms with Crippen LogP contribution in [0.1, 0.15) is 23.6 Å². The van der Waals surface area contributed by atoms with E-state index in [-0.39, 0.29) is 12.1 Å². The van der Waals surface area contributed by atoms with Crippen LogP contribution in [0.5, 0.6) is 0 Å². The second-order valence-electron chi connectivity index (χ2n) is 4.29. The number of benzene rings is 1. The molecule has 0 aliphatic rings. The van der Waals surface area contributed by atoms with Crippen LogP contribution in [0.15, 0.2) is 18.2 Å². The summed E-state index contributed by atoms with van der Waals surface area (Å²) in [6.45, 7) is 6.29. The fourth-order valence-electron chi connectivity index (χ4n) is 1.92. The highest BCUT2D eigenvalue weighted by molar-refractivity contribution is 5.34. The van der Waals surface area contributed by atoms with Crippen LogP contribution >= 0.6 is 0 Å². The van der Waals surface area contributed by atoms with Gasteiger partial charge in [0.1, 0.15) is 0 Å². The molecule has 3 nitrogen and oxygen atoms in total. The predicted molar refractivity (Wildman–Crippen MR) is 67.2 cm³/mol. The molecule has 1 aromatic rings. The molecule has 1 rings (SSSR count). The lowest BCUT2D eigenvalue weighted by Crippen LogP contribution is -2.45. The summed E-state index contributed by atoms with van der Waals surface area (Å²) in [6.07, 6.45) is 0.994. The van der Waals surface area contributed by atoms with Crippen molar-refractivity contribution in [2.24, 2.45) is 5.84 Å². The smallest absolute Gasteiger partial charge is 0.0712 e. The molecule has 2 unspecified atom stereocenters. The van der Waals surface area contributed by atoms with Gasteiger partial charge in [-0.15, -0.1) is 0 Å². The number of rotatable bonds is 5. The van der Waals surface area contributed by atoms with E-state index >= 15 is 0 Å². The summed E-state index contributed by atoms with van der Waals surface area (Å²) in [4.78, 5) is 0. The third-order valence-electron chi connectivity index (χ3n) is 3.22. The average Bonchev–Trinajstić information content (AvgIpc) is 2.28. The van der Waals surface area contributed by atoms with Crippen LogP contribution in [0.2, 0.25) is 0 Å². The highest BCUT2D eigenvalue weighted by Gasteiger charge is 2.17. The minimum Gasteiger partial charge on any atom is -0.380 e. The molecule has 0 fully saturated rings. The van der Waals surface area contributed by atoms with Crippen molar-refractivity contribution < 1.29 is 4.74 Å². The number of ether oxygens (including phenoxy) is 1. The molecule has 0 bridgehead atoms. The molecule has 90 valence electrons. The van der Waals surface area contributed by atoms with Gasteiger partial charge in [-0.3, -0.25) is 11.3 Å². The first-order valence-corrected chi connectivity index (χ1v) is 5.64. The van der Waals surface area contributed by atoms with E-state index in [1.807, 2.05) is 6.92 Å². The van der Waals surface area contributed by atoms with Crippen molar-refractivity contribution in [1.29, 1.82) is 0 Å². The first-order valence-electron chi connectivity index (χ1n) is 5.64. The first-order chi connectivity index (χ1) is 7.60. The number of hydrogen-bond acceptors (Lipinski definition) is 3. The van der Waals surface area contributed by atoms with Crippen LogP contribution in [0.25, 0.3) is 0 Å². The molecule has 16 heavy (non-hydrogen) atoms. The van der Waals surface area contributed by atoms with E-state index in [0.717, 1.165) is 6.42 Å². The Kier molecular flexibility index (Phi) is 4.93. The van der Waals surface area contributed by atoms with Crippen LogP contribution in [0, 0.1) is 13.8 Å². The zero-order chi connectivity index (χ0) is 12.1. The van der Waals surface area contributed by atoms with Crippen molar-refractivity contribution in [3.63, 3.8) is 0 Å². The maximum atomic E-state index is 5.57. The zero-order valence-corrected chi connectivity index (χ0v) is 10.6. The molecular formula is C13H22N2O. The van der Waals surface area contributed by atoms with Crippen molar-refractivity contribution in [1.82, 2.24) is 5.43 Å². The molecule has 2 atom stereocenters. The summed E-state index contributed by atoms with van der Waals surface area (Å²) < 4.78 is 5.31. The molecule has 0 saturated heterocycles. The predicted octanol–water partition coefficient (Wildman–Crippen LogP) is 1.71. The number of nitrogens with one attached hydrogen (secondary N) is 1. The Balaban J connectivity index is 2.85. The SMILES string of the molecule is COC(C)C(Cc1c(C)cccc1C)NN. The zero-order valence-electron chi connectivity index (χ0n) is 10.6. The maximum Gasteiger partial charge on any atom is 0.0712 e. The summed E-state index contributed by atoms with van der Waals surface area (Å²) in [6, 6.07) is 6.49. The molecule has 0 radical (unpaired) electrons. The standard InChI is InChI=1S/C13H22N2O/c1-9-6-5-7-10(2)12(9)8-13(15-14)11(3)16-4/h5-7,11,13,15H,8,14H2,1-4H3. The van der Waals surface area contributed by atoms with Gasteiger partial charge in [-0.25, -0.2) is 0 Å². The quantitative estimate of drug-likeness (QED) is 0.589. The molecule has 0 amide bonds. The molecule has 1 aromatic carbocycles. The summed E-state index contributed by atoms with van der Waals surface area (Å²) in [7, 11) is 1.71. The lowest BCUT2D eigenvalue weighted by atomic mass is 9.95. The Morgan fingerprint density at radius 2 is 1.88 bits per heavy atom. The first kappa shape index (κ1) is 13.2. The number of hydrogen-bond donors (Lipinski definition) is 2. The highest BCUT2D eigenvalue weighted by atomic mass is 16.5. The summed E-state index contributed by atoms with van der Waals surface area (Å²) in [5.74, 6) is 5.57. The van der Waals surface area contributed by atoms with Gasteiger partial charge in [0.15, 0.2) is 0 Å². The lowest BCUT2D eigenvalue weighted by molar-refractivity contribution is 0.0830. The van der Waals surface area contributed by atoms with Crippen molar-refractivity contribution in [2.75, 3.05) is 7.11 Å². The Labute approximate surface area is 98.0 Å². The van der Waals surface area contributed by atoms with Gasteiger partial charge in [0.25, 0.3) is 0 Å². The topological polar surface area (TPSA) is 47.3 Å². The van der Waals surface area contributed by atoms with Crippen LogP contribution in [-0.4, -0.2) is 19.3 Å². The van der Waals surface area contributed by atoms with Crippen LogP contribution in [-0.2, 0) is 11.2 Å². The van der Waals surface area contributed by atoms with E-state index in [9.17, 15) is 0 Å². The molecule has 3 N–H and O–H groups in total. The van der Waals surface area contributed by atoms with Gasteiger partial charge in [0.05, 0.1) is 12.1 Å². The second kappa shape index (κ2) is 5.99. The van der Waals surface area contributed by atoms with Crippen molar-refractivity contribution >= 4 is 0 Å². The summed E-state index contributed by atoms with van der Waals surface area (Å²) >= 11 is 0. The molecule has 0 aromatic heterocycles.